The molecule has 5 rings (SSSR count). The van der Waals surface area contributed by atoms with Crippen LogP contribution < -0.4 is 4.74 Å². The minimum absolute atomic E-state index is 0.0203. The third kappa shape index (κ3) is 7.67. The SMILES string of the molecule is C=C(Oc1c(Cl)cccc1C1CC1)c1cccc(F)c1C.CC1CCC1C.Cc1ccc(C(=O)O)cc1F. The van der Waals surface area contributed by atoms with Gasteiger partial charge in [-0.05, 0) is 85.4 Å². The Kier molecular flexibility index (Phi) is 10.1. The van der Waals surface area contributed by atoms with Crippen LogP contribution in [0.1, 0.15) is 78.1 Å². The zero-order valence-electron chi connectivity index (χ0n) is 22.4. The molecule has 1 N–H and O–H groups in total. The van der Waals surface area contributed by atoms with Crippen LogP contribution in [0.5, 0.6) is 5.75 Å². The molecule has 0 spiro atoms. The summed E-state index contributed by atoms with van der Waals surface area (Å²) in [6.07, 6.45) is 5.26. The van der Waals surface area contributed by atoms with E-state index in [-0.39, 0.29) is 11.4 Å². The van der Waals surface area contributed by atoms with E-state index in [1.807, 2.05) is 12.1 Å². The molecule has 0 amide bonds. The number of hydrogen-bond acceptors (Lipinski definition) is 2. The van der Waals surface area contributed by atoms with Crippen LogP contribution in [-0.2, 0) is 0 Å². The molecule has 38 heavy (non-hydrogen) atoms. The van der Waals surface area contributed by atoms with Gasteiger partial charge in [0.15, 0.2) is 0 Å². The first kappa shape index (κ1) is 29.4. The monoisotopic (exact) mass is 540 g/mol. The van der Waals surface area contributed by atoms with Gasteiger partial charge in [-0.25, -0.2) is 13.6 Å². The van der Waals surface area contributed by atoms with Crippen LogP contribution in [0, 0.1) is 37.3 Å². The molecule has 6 heteroatoms. The van der Waals surface area contributed by atoms with Crippen LogP contribution >= 0.6 is 11.6 Å². The lowest BCUT2D eigenvalue weighted by atomic mass is 9.77. The van der Waals surface area contributed by atoms with Crippen molar-refractivity contribution in [2.24, 2.45) is 11.8 Å². The lowest BCUT2D eigenvalue weighted by molar-refractivity contribution is 0.0696. The van der Waals surface area contributed by atoms with Gasteiger partial charge in [-0.15, -0.1) is 0 Å². The summed E-state index contributed by atoms with van der Waals surface area (Å²) in [6.45, 7) is 11.9. The Morgan fingerprint density at radius 2 is 1.58 bits per heavy atom. The molecule has 0 radical (unpaired) electrons. The number of benzene rings is 3. The predicted molar refractivity (Wildman–Crippen MR) is 150 cm³/mol. The fourth-order valence-corrected chi connectivity index (χ4v) is 4.22. The van der Waals surface area contributed by atoms with Gasteiger partial charge >= 0.3 is 5.97 Å². The van der Waals surface area contributed by atoms with E-state index in [0.29, 0.717) is 39.1 Å². The summed E-state index contributed by atoms with van der Waals surface area (Å²) < 4.78 is 32.2. The summed E-state index contributed by atoms with van der Waals surface area (Å²) in [5.74, 6) is 1.79. The van der Waals surface area contributed by atoms with Gasteiger partial charge in [0.1, 0.15) is 23.1 Å². The molecule has 2 saturated carbocycles. The smallest absolute Gasteiger partial charge is 0.335 e. The van der Waals surface area contributed by atoms with Gasteiger partial charge in [-0.3, -0.25) is 0 Å². The second-order valence-electron chi connectivity index (χ2n) is 10.2. The number of halogens is 3. The minimum atomic E-state index is -1.11. The minimum Gasteiger partial charge on any atom is -0.478 e. The van der Waals surface area contributed by atoms with Crippen molar-refractivity contribution in [1.29, 1.82) is 0 Å². The highest BCUT2D eigenvalue weighted by atomic mass is 35.5. The third-order valence-corrected chi connectivity index (χ3v) is 7.57. The molecular weight excluding hydrogens is 506 g/mol. The molecule has 2 atom stereocenters. The average molecular weight is 541 g/mol. The lowest BCUT2D eigenvalue weighted by Crippen LogP contribution is -2.18. The summed E-state index contributed by atoms with van der Waals surface area (Å²) in [6, 6.07) is 14.5. The van der Waals surface area contributed by atoms with Crippen molar-refractivity contribution in [3.05, 3.63) is 106 Å². The van der Waals surface area contributed by atoms with E-state index >= 15 is 0 Å². The summed E-state index contributed by atoms with van der Waals surface area (Å²) in [7, 11) is 0. The number of ether oxygens (including phenoxy) is 1. The molecule has 0 aliphatic heterocycles. The van der Waals surface area contributed by atoms with Crippen molar-refractivity contribution in [2.45, 2.75) is 59.3 Å². The molecule has 2 aliphatic carbocycles. The van der Waals surface area contributed by atoms with E-state index in [2.05, 4.69) is 20.4 Å². The molecule has 3 nitrogen and oxygen atoms in total. The van der Waals surface area contributed by atoms with E-state index in [1.54, 1.807) is 32.0 Å². The molecule has 0 bridgehead atoms. The Balaban J connectivity index is 0.000000195. The molecule has 3 aromatic carbocycles. The maximum atomic E-state index is 13.7. The van der Waals surface area contributed by atoms with Gasteiger partial charge in [-0.1, -0.05) is 75.2 Å². The highest BCUT2D eigenvalue weighted by Crippen LogP contribution is 2.47. The number of rotatable bonds is 5. The Bertz CT molecular complexity index is 1290. The second-order valence-corrected chi connectivity index (χ2v) is 10.6. The van der Waals surface area contributed by atoms with Crippen molar-refractivity contribution in [3.8, 4) is 5.75 Å². The summed E-state index contributed by atoms with van der Waals surface area (Å²) in [5, 5.41) is 9.00. The zero-order chi connectivity index (χ0) is 28.0. The predicted octanol–water partition coefficient (Wildman–Crippen LogP) is 9.60. The number of aryl methyl sites for hydroxylation is 1. The Morgan fingerprint density at radius 3 is 2.11 bits per heavy atom. The van der Waals surface area contributed by atoms with Gasteiger partial charge in [0.2, 0.25) is 0 Å². The van der Waals surface area contributed by atoms with Crippen molar-refractivity contribution in [3.63, 3.8) is 0 Å². The number of carboxylic acids is 1. The average Bonchev–Trinajstić information content (AvgIpc) is 3.73. The number of aromatic carboxylic acids is 1. The molecule has 2 fully saturated rings. The summed E-state index contributed by atoms with van der Waals surface area (Å²) >= 11 is 6.26. The first-order valence-electron chi connectivity index (χ1n) is 12.9. The number of para-hydroxylation sites is 1. The summed E-state index contributed by atoms with van der Waals surface area (Å²) in [5.41, 5.74) is 2.74. The molecule has 2 aliphatic rings. The molecule has 3 aromatic rings. The van der Waals surface area contributed by atoms with E-state index in [0.717, 1.165) is 36.3 Å². The highest BCUT2D eigenvalue weighted by molar-refractivity contribution is 6.32. The first-order valence-corrected chi connectivity index (χ1v) is 13.3. The maximum absolute atomic E-state index is 13.7. The van der Waals surface area contributed by atoms with Crippen molar-refractivity contribution < 1.29 is 23.4 Å². The second kappa shape index (κ2) is 13.1. The van der Waals surface area contributed by atoms with Gasteiger partial charge in [0, 0.05) is 5.56 Å². The Labute approximate surface area is 229 Å². The summed E-state index contributed by atoms with van der Waals surface area (Å²) in [4.78, 5) is 10.3. The third-order valence-electron chi connectivity index (χ3n) is 7.28. The van der Waals surface area contributed by atoms with E-state index in [4.69, 9.17) is 21.4 Å². The first-order chi connectivity index (χ1) is 18.0. The van der Waals surface area contributed by atoms with Crippen LogP contribution in [-0.4, -0.2) is 11.1 Å². The van der Waals surface area contributed by atoms with Crippen LogP contribution in [0.15, 0.2) is 61.2 Å². The quantitative estimate of drug-likeness (QED) is 0.328. The van der Waals surface area contributed by atoms with Crippen LogP contribution in [0.2, 0.25) is 5.02 Å². The lowest BCUT2D eigenvalue weighted by Gasteiger charge is -2.29. The molecule has 0 heterocycles. The molecular formula is C32H35ClF2O3. The van der Waals surface area contributed by atoms with Crippen LogP contribution in [0.4, 0.5) is 8.78 Å². The van der Waals surface area contributed by atoms with E-state index in [1.165, 1.54) is 31.0 Å². The number of carboxylic acid groups (broad SMARTS) is 1. The number of carbonyl (C=O) groups is 1. The Hall–Kier alpha value is -3.18. The van der Waals surface area contributed by atoms with Gasteiger partial charge in [0.25, 0.3) is 0 Å². The largest absolute Gasteiger partial charge is 0.478 e. The zero-order valence-corrected chi connectivity index (χ0v) is 23.1. The van der Waals surface area contributed by atoms with Crippen molar-refractivity contribution >= 4 is 23.3 Å². The van der Waals surface area contributed by atoms with Gasteiger partial charge in [-0.2, -0.15) is 0 Å². The number of hydrogen-bond donors (Lipinski definition) is 1. The Morgan fingerprint density at radius 1 is 0.947 bits per heavy atom. The molecule has 202 valence electrons. The van der Waals surface area contributed by atoms with Crippen LogP contribution in [0.3, 0.4) is 0 Å². The molecule has 0 aromatic heterocycles. The fraction of sp³-hybridized carbons (Fsp3) is 0.344. The van der Waals surface area contributed by atoms with Crippen LogP contribution in [0.25, 0.3) is 5.76 Å². The molecule has 2 unspecified atom stereocenters. The van der Waals surface area contributed by atoms with E-state index < -0.39 is 11.8 Å². The van der Waals surface area contributed by atoms with Crippen molar-refractivity contribution in [1.82, 2.24) is 0 Å². The standard InChI is InChI=1S/C18H16ClFO.C8H7FO2.C6H12/c1-11-14(5-4-8-17(11)20)12(2)21-18-15(13-9-10-13)6-3-7-16(18)19;1-5-2-3-6(8(10)11)4-7(5)9;1-5-3-4-6(5)2/h3-8,13H,2,9-10H2,1H3;2-4H,1H3,(H,10,11);5-6H,3-4H2,1-2H3. The normalized spacial score (nSPS) is 17.7. The highest BCUT2D eigenvalue weighted by Gasteiger charge is 2.28. The topological polar surface area (TPSA) is 46.5 Å². The van der Waals surface area contributed by atoms with Crippen molar-refractivity contribution in [2.75, 3.05) is 0 Å². The maximum Gasteiger partial charge on any atom is 0.335 e. The fourth-order valence-electron chi connectivity index (χ4n) is 4.00. The van der Waals surface area contributed by atoms with Gasteiger partial charge in [0.05, 0.1) is 10.6 Å². The van der Waals surface area contributed by atoms with Gasteiger partial charge < -0.3 is 9.84 Å². The molecule has 0 saturated heterocycles. The van der Waals surface area contributed by atoms with E-state index in [9.17, 15) is 13.6 Å².